The van der Waals surface area contributed by atoms with Crippen molar-refractivity contribution < 1.29 is 9.15 Å². The van der Waals surface area contributed by atoms with Gasteiger partial charge in [-0.25, -0.2) is 0 Å². The molecule has 0 fully saturated rings. The highest BCUT2D eigenvalue weighted by atomic mass is 35.5. The summed E-state index contributed by atoms with van der Waals surface area (Å²) in [4.78, 5) is 0. The van der Waals surface area contributed by atoms with Crippen LogP contribution in [0, 0.1) is 0 Å². The zero-order valence-electron chi connectivity index (χ0n) is 11.9. The van der Waals surface area contributed by atoms with E-state index in [9.17, 15) is 0 Å². The summed E-state index contributed by atoms with van der Waals surface area (Å²) in [7, 11) is 0. The Morgan fingerprint density at radius 3 is 2.26 bits per heavy atom. The standard InChI is InChI=1S/C16H12Cl2N2O2S/c17-12-3-1-11(2-4-12)15-19-20-16(22-15)23-10-9-21-14-7-5-13(18)6-8-14/h1-8H,9-10H2. The molecule has 0 atom stereocenters. The Bertz CT molecular complexity index is 761. The summed E-state index contributed by atoms with van der Waals surface area (Å²) in [6.07, 6.45) is 0. The highest BCUT2D eigenvalue weighted by Crippen LogP contribution is 2.24. The molecule has 0 saturated carbocycles. The lowest BCUT2D eigenvalue weighted by molar-refractivity contribution is 0.343. The topological polar surface area (TPSA) is 48.2 Å². The third kappa shape index (κ3) is 4.64. The molecule has 0 aliphatic heterocycles. The molecule has 2 aromatic carbocycles. The number of thioether (sulfide) groups is 1. The van der Waals surface area contributed by atoms with Gasteiger partial charge in [0.25, 0.3) is 5.22 Å². The highest BCUT2D eigenvalue weighted by Gasteiger charge is 2.09. The number of hydrogen-bond donors (Lipinski definition) is 0. The second kappa shape index (κ2) is 7.73. The first kappa shape index (κ1) is 16.2. The van der Waals surface area contributed by atoms with Crippen molar-refractivity contribution >= 4 is 35.0 Å². The Morgan fingerprint density at radius 2 is 1.57 bits per heavy atom. The molecule has 1 aromatic heterocycles. The van der Waals surface area contributed by atoms with Gasteiger partial charge in [-0.3, -0.25) is 0 Å². The van der Waals surface area contributed by atoms with Gasteiger partial charge < -0.3 is 9.15 Å². The molecule has 3 aromatic rings. The highest BCUT2D eigenvalue weighted by molar-refractivity contribution is 7.99. The van der Waals surface area contributed by atoms with Crippen molar-refractivity contribution in [2.45, 2.75) is 5.22 Å². The average molecular weight is 367 g/mol. The van der Waals surface area contributed by atoms with Crippen LogP contribution in [0.15, 0.2) is 58.2 Å². The normalized spacial score (nSPS) is 10.7. The molecular formula is C16H12Cl2N2O2S. The molecule has 4 nitrogen and oxygen atoms in total. The lowest BCUT2D eigenvalue weighted by Gasteiger charge is -2.04. The number of benzene rings is 2. The van der Waals surface area contributed by atoms with Gasteiger partial charge in [0.1, 0.15) is 5.75 Å². The Balaban J connectivity index is 1.49. The minimum atomic E-state index is 0.475. The molecule has 0 N–H and O–H groups in total. The molecule has 1 heterocycles. The molecule has 0 bridgehead atoms. The lowest BCUT2D eigenvalue weighted by Crippen LogP contribution is -1.99. The maximum absolute atomic E-state index is 5.86. The van der Waals surface area contributed by atoms with Crippen LogP contribution < -0.4 is 4.74 Å². The third-order valence-electron chi connectivity index (χ3n) is 2.89. The van der Waals surface area contributed by atoms with Gasteiger partial charge in [-0.05, 0) is 48.5 Å². The van der Waals surface area contributed by atoms with E-state index in [-0.39, 0.29) is 0 Å². The molecule has 0 saturated heterocycles. The molecular weight excluding hydrogens is 355 g/mol. The number of halogens is 2. The number of aromatic nitrogens is 2. The predicted octanol–water partition coefficient (Wildman–Crippen LogP) is 5.21. The first-order valence-electron chi connectivity index (χ1n) is 6.81. The maximum atomic E-state index is 5.86. The number of ether oxygens (including phenoxy) is 1. The maximum Gasteiger partial charge on any atom is 0.276 e. The van der Waals surface area contributed by atoms with Crippen molar-refractivity contribution in [2.24, 2.45) is 0 Å². The lowest BCUT2D eigenvalue weighted by atomic mass is 10.2. The van der Waals surface area contributed by atoms with Crippen LogP contribution in [-0.4, -0.2) is 22.6 Å². The first-order valence-corrected chi connectivity index (χ1v) is 8.55. The smallest absolute Gasteiger partial charge is 0.276 e. The van der Waals surface area contributed by atoms with Crippen molar-refractivity contribution in [3.8, 4) is 17.2 Å². The Hall–Kier alpha value is -1.69. The van der Waals surface area contributed by atoms with E-state index < -0.39 is 0 Å². The van der Waals surface area contributed by atoms with Crippen molar-refractivity contribution in [3.05, 3.63) is 58.6 Å². The summed E-state index contributed by atoms with van der Waals surface area (Å²) < 4.78 is 11.2. The molecule has 0 amide bonds. The Morgan fingerprint density at radius 1 is 0.913 bits per heavy atom. The van der Waals surface area contributed by atoms with Crippen LogP contribution in [0.1, 0.15) is 0 Å². The minimum absolute atomic E-state index is 0.475. The summed E-state index contributed by atoms with van der Waals surface area (Å²) in [5, 5.41) is 9.90. The van der Waals surface area contributed by atoms with Crippen LogP contribution in [0.3, 0.4) is 0 Å². The van der Waals surface area contributed by atoms with E-state index in [1.165, 1.54) is 11.8 Å². The molecule has 0 unspecified atom stereocenters. The fourth-order valence-electron chi connectivity index (χ4n) is 1.80. The van der Waals surface area contributed by atoms with E-state index in [2.05, 4.69) is 10.2 Å². The molecule has 0 aliphatic rings. The number of nitrogens with zero attached hydrogens (tertiary/aromatic N) is 2. The summed E-state index contributed by atoms with van der Waals surface area (Å²) in [5.41, 5.74) is 0.839. The van der Waals surface area contributed by atoms with E-state index in [1.54, 1.807) is 24.3 Å². The van der Waals surface area contributed by atoms with E-state index in [1.807, 2.05) is 24.3 Å². The monoisotopic (exact) mass is 366 g/mol. The summed E-state index contributed by atoms with van der Waals surface area (Å²) in [5.74, 6) is 1.95. The van der Waals surface area contributed by atoms with Crippen molar-refractivity contribution in [2.75, 3.05) is 12.4 Å². The van der Waals surface area contributed by atoms with Crippen molar-refractivity contribution in [1.82, 2.24) is 10.2 Å². The fraction of sp³-hybridized carbons (Fsp3) is 0.125. The summed E-state index contributed by atoms with van der Waals surface area (Å²) in [6.45, 7) is 0.533. The predicted molar refractivity (Wildman–Crippen MR) is 92.4 cm³/mol. The largest absolute Gasteiger partial charge is 0.493 e. The Labute approximate surface area is 147 Å². The van der Waals surface area contributed by atoms with Crippen molar-refractivity contribution in [1.29, 1.82) is 0 Å². The van der Waals surface area contributed by atoms with E-state index in [4.69, 9.17) is 32.4 Å². The second-order valence-electron chi connectivity index (χ2n) is 4.53. The molecule has 0 radical (unpaired) electrons. The van der Waals surface area contributed by atoms with Gasteiger partial charge in [0.15, 0.2) is 0 Å². The van der Waals surface area contributed by atoms with Gasteiger partial charge in [-0.15, -0.1) is 10.2 Å². The van der Waals surface area contributed by atoms with Crippen LogP contribution in [0.2, 0.25) is 10.0 Å². The van der Waals surface area contributed by atoms with Gasteiger partial charge in [-0.2, -0.15) is 0 Å². The third-order valence-corrected chi connectivity index (χ3v) is 4.18. The van der Waals surface area contributed by atoms with E-state index >= 15 is 0 Å². The zero-order chi connectivity index (χ0) is 16.1. The van der Waals surface area contributed by atoms with Crippen molar-refractivity contribution in [3.63, 3.8) is 0 Å². The van der Waals surface area contributed by atoms with Crippen LogP contribution >= 0.6 is 35.0 Å². The van der Waals surface area contributed by atoms with Crippen LogP contribution in [0.5, 0.6) is 5.75 Å². The van der Waals surface area contributed by atoms with Gasteiger partial charge >= 0.3 is 0 Å². The molecule has 7 heteroatoms. The van der Waals surface area contributed by atoms with Gasteiger partial charge in [0.05, 0.1) is 6.61 Å². The van der Waals surface area contributed by atoms with Crippen LogP contribution in [-0.2, 0) is 0 Å². The van der Waals surface area contributed by atoms with Gasteiger partial charge in [-0.1, -0.05) is 35.0 Å². The number of hydrogen-bond acceptors (Lipinski definition) is 5. The quantitative estimate of drug-likeness (QED) is 0.442. The molecule has 3 rings (SSSR count). The van der Waals surface area contributed by atoms with Crippen LogP contribution in [0.25, 0.3) is 11.5 Å². The molecule has 118 valence electrons. The second-order valence-corrected chi connectivity index (χ2v) is 6.45. The van der Waals surface area contributed by atoms with E-state index in [0.717, 1.165) is 11.3 Å². The Kier molecular flexibility index (Phi) is 5.43. The zero-order valence-corrected chi connectivity index (χ0v) is 14.2. The van der Waals surface area contributed by atoms with Gasteiger partial charge in [0.2, 0.25) is 5.89 Å². The average Bonchev–Trinajstić information content (AvgIpc) is 3.03. The van der Waals surface area contributed by atoms with E-state index in [0.29, 0.717) is 33.5 Å². The summed E-state index contributed by atoms with van der Waals surface area (Å²) in [6, 6.07) is 14.5. The van der Waals surface area contributed by atoms with Crippen LogP contribution in [0.4, 0.5) is 0 Å². The SMILES string of the molecule is Clc1ccc(OCCSc2nnc(-c3ccc(Cl)cc3)o2)cc1. The molecule has 23 heavy (non-hydrogen) atoms. The molecule has 0 aliphatic carbocycles. The van der Waals surface area contributed by atoms with Gasteiger partial charge in [0, 0.05) is 21.4 Å². The fourth-order valence-corrected chi connectivity index (χ4v) is 2.63. The minimum Gasteiger partial charge on any atom is -0.493 e. The molecule has 0 spiro atoms. The first-order chi connectivity index (χ1) is 11.2. The summed E-state index contributed by atoms with van der Waals surface area (Å²) >= 11 is 13.1. The number of rotatable bonds is 6.